The van der Waals surface area contributed by atoms with Crippen LogP contribution in [0.2, 0.25) is 0 Å². The summed E-state index contributed by atoms with van der Waals surface area (Å²) in [6.07, 6.45) is -14.2. The molecule has 0 aliphatic carbocycles. The summed E-state index contributed by atoms with van der Waals surface area (Å²) in [5.41, 5.74) is 8.87. The van der Waals surface area contributed by atoms with Crippen LogP contribution in [0.25, 0.3) is 11.2 Å². The van der Waals surface area contributed by atoms with Crippen molar-refractivity contribution in [2.75, 3.05) is 44.4 Å². The van der Waals surface area contributed by atoms with Crippen LogP contribution in [0.4, 0.5) is 5.82 Å². The van der Waals surface area contributed by atoms with Gasteiger partial charge in [0.25, 0.3) is 0 Å². The number of carbonyl (C=O) groups excluding carboxylic acids is 4. The molecule has 0 saturated carbocycles. The number of phosphoric ester groups is 3. The summed E-state index contributed by atoms with van der Waals surface area (Å²) in [4.78, 5) is 96.2. The Kier molecular flexibility index (Phi) is 21.9. The molecular formula is C29H51N8O23P3S. The molecule has 1 saturated heterocycles. The van der Waals surface area contributed by atoms with Crippen molar-refractivity contribution in [2.45, 2.75) is 82.3 Å². The number of aliphatic hydroxyl groups is 7. The zero-order valence-corrected chi connectivity index (χ0v) is 37.3. The third-order valence-corrected chi connectivity index (χ3v) is 12.3. The Bertz CT molecular complexity index is 2050. The molecule has 11 atom stereocenters. The lowest BCUT2D eigenvalue weighted by molar-refractivity contribution is -0.146. The molecule has 7 unspecified atom stereocenters. The van der Waals surface area contributed by atoms with Crippen LogP contribution in [0.3, 0.4) is 0 Å². The van der Waals surface area contributed by atoms with Crippen LogP contribution in [0.5, 0.6) is 0 Å². The molecule has 64 heavy (non-hydrogen) atoms. The lowest BCUT2D eigenvalue weighted by Gasteiger charge is -2.30. The normalized spacial score (nSPS) is 22.2. The number of nitrogens with one attached hydrogen (secondary N) is 2. The number of thioether (sulfide) groups is 1. The number of imidazole rings is 1. The molecule has 3 amide bonds. The number of aromatic nitrogens is 4. The van der Waals surface area contributed by atoms with Gasteiger partial charge in [-0.25, -0.2) is 28.6 Å². The summed E-state index contributed by atoms with van der Waals surface area (Å²) in [6, 6.07) is 0. The van der Waals surface area contributed by atoms with E-state index in [9.17, 15) is 62.7 Å². The fourth-order valence-electron chi connectivity index (χ4n) is 5.02. The number of fused-ring (bicyclic) bond motifs is 1. The Labute approximate surface area is 365 Å². The molecule has 0 bridgehead atoms. The van der Waals surface area contributed by atoms with E-state index in [-0.39, 0.29) is 41.6 Å². The van der Waals surface area contributed by atoms with Gasteiger partial charge in [0, 0.05) is 37.6 Å². The van der Waals surface area contributed by atoms with Crippen molar-refractivity contribution in [1.29, 1.82) is 0 Å². The molecule has 2 aromatic heterocycles. The Hall–Kier alpha value is -3.17. The third kappa shape index (κ3) is 17.9. The van der Waals surface area contributed by atoms with Gasteiger partial charge >= 0.3 is 23.5 Å². The first kappa shape index (κ1) is 57.0. The predicted molar refractivity (Wildman–Crippen MR) is 213 cm³/mol. The lowest BCUT2D eigenvalue weighted by Crippen LogP contribution is -2.50. The third-order valence-electron chi connectivity index (χ3n) is 8.35. The van der Waals surface area contributed by atoms with Crippen molar-refractivity contribution < 1.29 is 111 Å². The minimum Gasteiger partial charge on any atom is -0.394 e. The highest BCUT2D eigenvalue weighted by atomic mass is 32.2. The number of nitrogens with zero attached hydrogens (tertiary/aromatic N) is 4. The largest absolute Gasteiger partial charge is 0.481 e. The standard InChI is InChI=1S/C23H38N7O17P3S.C6H13NO6/c1-12(31)51-7-6-25-14(32)4-5-26-21(35)18(34)23(2,3)9-44-50(41,42)47-49(39,40)43-8-13-17(46-48(36,37)38)16(33)22(45-13)30-11-29-15-19(24)27-10-28-20(15)30;7-6(13)5(12)4(11)3(10)2(9)1-8/h10-11,13,16-18,22,33-34H,4-9H2,1-3H3,(H,25,32)(H,26,35)(H,39,40)(H,41,42)(H2,24,27,28)(H2,36,37,38);2-5,8-12H,1H2,(H2,7,13)/t13-,16-,17-,18?,22-;/m1./s1. The van der Waals surface area contributed by atoms with Gasteiger partial charge < -0.3 is 82.2 Å². The molecule has 0 aromatic carbocycles. The van der Waals surface area contributed by atoms with Crippen LogP contribution in [0.1, 0.15) is 33.4 Å². The molecule has 1 aliphatic heterocycles. The van der Waals surface area contributed by atoms with Gasteiger partial charge in [-0.15, -0.1) is 0 Å². The number of hydrogen-bond donors (Lipinski definition) is 15. The van der Waals surface area contributed by atoms with Crippen molar-refractivity contribution in [2.24, 2.45) is 11.1 Å². The number of anilines is 1. The summed E-state index contributed by atoms with van der Waals surface area (Å²) >= 11 is 1.03. The van der Waals surface area contributed by atoms with E-state index in [4.69, 9.17) is 45.1 Å². The second-order valence-corrected chi connectivity index (χ2v) is 19.5. The smallest absolute Gasteiger partial charge is 0.394 e. The molecule has 17 N–H and O–H groups in total. The molecule has 366 valence electrons. The quantitative estimate of drug-likeness (QED) is 0.0345. The van der Waals surface area contributed by atoms with Crippen LogP contribution >= 0.6 is 35.2 Å². The molecule has 0 spiro atoms. The number of nitrogen functional groups attached to an aromatic ring is 1. The van der Waals surface area contributed by atoms with E-state index in [0.717, 1.165) is 29.0 Å². The highest BCUT2D eigenvalue weighted by Gasteiger charge is 2.50. The van der Waals surface area contributed by atoms with Crippen molar-refractivity contribution in [3.63, 3.8) is 0 Å². The van der Waals surface area contributed by atoms with Crippen molar-refractivity contribution in [1.82, 2.24) is 30.2 Å². The Balaban J connectivity index is 0.000000934. The first-order valence-electron chi connectivity index (χ1n) is 18.1. The maximum absolute atomic E-state index is 12.6. The predicted octanol–water partition coefficient (Wildman–Crippen LogP) is -5.41. The van der Waals surface area contributed by atoms with Crippen LogP contribution in [-0.2, 0) is 55.5 Å². The van der Waals surface area contributed by atoms with Crippen molar-refractivity contribution >= 4 is 75.0 Å². The SMILES string of the molecule is CC(=O)SCCNC(=O)CCNC(=O)C(O)C(C)(C)COP(=O)(O)OP(=O)(O)OC[C@H]1O[C@@H](n2cnc3c(N)ncnc32)[C@H](O)[C@@H]1OP(=O)(O)O.NC(=O)C(O)C(O)C(O)C(O)CO. The minimum absolute atomic E-state index is 0.0310. The highest BCUT2D eigenvalue weighted by molar-refractivity contribution is 8.13. The van der Waals surface area contributed by atoms with E-state index < -0.39 is 121 Å². The fourth-order valence-corrected chi connectivity index (χ4v) is 8.34. The number of amides is 3. The summed E-state index contributed by atoms with van der Waals surface area (Å²) in [7, 11) is -16.4. The number of rotatable bonds is 24. The van der Waals surface area contributed by atoms with Gasteiger partial charge in [0.2, 0.25) is 17.7 Å². The van der Waals surface area contributed by atoms with E-state index in [1.807, 2.05) is 0 Å². The van der Waals surface area contributed by atoms with Gasteiger partial charge in [-0.2, -0.15) is 4.31 Å². The molecule has 0 radical (unpaired) electrons. The van der Waals surface area contributed by atoms with Crippen LogP contribution in [-0.4, -0.2) is 185 Å². The number of ether oxygens (including phenoxy) is 1. The van der Waals surface area contributed by atoms with Crippen LogP contribution < -0.4 is 22.1 Å². The maximum Gasteiger partial charge on any atom is 0.481 e. The summed E-state index contributed by atoms with van der Waals surface area (Å²) in [5.74, 6) is -2.31. The monoisotopic (exact) mass is 1000 g/mol. The zero-order chi connectivity index (χ0) is 49.0. The molecule has 2 aromatic rings. The van der Waals surface area contributed by atoms with Crippen molar-refractivity contribution in [3.8, 4) is 0 Å². The molecule has 3 heterocycles. The van der Waals surface area contributed by atoms with Gasteiger partial charge in [-0.1, -0.05) is 25.6 Å². The van der Waals surface area contributed by atoms with Gasteiger partial charge in [0.1, 0.15) is 54.6 Å². The average Bonchev–Trinajstić information content (AvgIpc) is 3.76. The number of carbonyl (C=O) groups is 4. The summed E-state index contributed by atoms with van der Waals surface area (Å²) in [5, 5.41) is 70.0. The van der Waals surface area contributed by atoms with Crippen molar-refractivity contribution in [3.05, 3.63) is 12.7 Å². The highest BCUT2D eigenvalue weighted by Crippen LogP contribution is 2.61. The second-order valence-electron chi connectivity index (χ2n) is 14.0. The van der Waals surface area contributed by atoms with E-state index in [0.29, 0.717) is 5.75 Å². The zero-order valence-electron chi connectivity index (χ0n) is 33.8. The van der Waals surface area contributed by atoms with E-state index >= 15 is 0 Å². The van der Waals surface area contributed by atoms with Gasteiger partial charge in [0.05, 0.1) is 26.1 Å². The average molecular weight is 1000 g/mol. The summed E-state index contributed by atoms with van der Waals surface area (Å²) in [6.45, 7) is 1.10. The Morgan fingerprint density at radius 1 is 0.969 bits per heavy atom. The second kappa shape index (κ2) is 24.6. The topological polar surface area (TPSA) is 508 Å². The Morgan fingerprint density at radius 3 is 2.17 bits per heavy atom. The minimum atomic E-state index is -5.56. The number of primary amides is 1. The van der Waals surface area contributed by atoms with E-state index in [1.54, 1.807) is 0 Å². The molecule has 35 heteroatoms. The number of aliphatic hydroxyl groups excluding tert-OH is 7. The molecular weight excluding hydrogens is 953 g/mol. The van der Waals surface area contributed by atoms with E-state index in [1.165, 1.54) is 20.8 Å². The molecule has 1 fully saturated rings. The fraction of sp³-hybridized carbons (Fsp3) is 0.690. The van der Waals surface area contributed by atoms with Gasteiger partial charge in [-0.05, 0) is 0 Å². The molecule has 3 rings (SSSR count). The molecule has 31 nitrogen and oxygen atoms in total. The van der Waals surface area contributed by atoms with Crippen LogP contribution in [0, 0.1) is 5.41 Å². The number of phosphoric acid groups is 3. The first-order valence-corrected chi connectivity index (χ1v) is 23.6. The number of nitrogens with two attached hydrogens (primary N) is 2. The van der Waals surface area contributed by atoms with E-state index in [2.05, 4.69) is 40.2 Å². The Morgan fingerprint density at radius 2 is 1.59 bits per heavy atom. The first-order chi connectivity index (χ1) is 29.4. The lowest BCUT2D eigenvalue weighted by atomic mass is 9.87. The van der Waals surface area contributed by atoms with Crippen LogP contribution in [0.15, 0.2) is 12.7 Å². The van der Waals surface area contributed by atoms with Gasteiger partial charge in [-0.3, -0.25) is 37.3 Å². The summed E-state index contributed by atoms with van der Waals surface area (Å²) < 4.78 is 61.8. The number of hydrogen-bond acceptors (Lipinski definition) is 24. The maximum atomic E-state index is 12.6. The van der Waals surface area contributed by atoms with Gasteiger partial charge in [0.15, 0.2) is 28.9 Å². The molecule has 1 aliphatic rings.